The van der Waals surface area contributed by atoms with Crippen molar-refractivity contribution in [2.75, 3.05) is 0 Å². The Morgan fingerprint density at radius 2 is 1.25 bits per heavy atom. The van der Waals surface area contributed by atoms with E-state index < -0.39 is 0 Å². The number of fused-ring (bicyclic) bond motifs is 10. The van der Waals surface area contributed by atoms with Gasteiger partial charge >= 0.3 is 0 Å². The van der Waals surface area contributed by atoms with Gasteiger partial charge in [0.2, 0.25) is 0 Å². The molecule has 0 bridgehead atoms. The smallest absolute Gasteiger partial charge is 0.136 e. The van der Waals surface area contributed by atoms with Crippen LogP contribution in [0.25, 0.3) is 101 Å². The molecular weight excluding hydrogens is 677 g/mol. The minimum atomic E-state index is -0.119. The minimum absolute atomic E-state index is 0.119. The predicted octanol–water partition coefficient (Wildman–Crippen LogP) is 13.8. The van der Waals surface area contributed by atoms with E-state index in [9.17, 15) is 0 Å². The molecule has 2 aliphatic carbocycles. The summed E-state index contributed by atoms with van der Waals surface area (Å²) < 4.78 is 6.27. The van der Waals surface area contributed by atoms with Crippen molar-refractivity contribution in [3.8, 4) is 33.4 Å². The standard InChI is InChI=1S/C55H42O/c1-33(37-24-26-45-49(30-37)55(3,4)48-27-25-38-31-51-47(32-46(38)54(45)48)40-16-12-13-21-50(40)56-51)28-36-22-23-39(29-34(36)2)53-43-19-10-8-17-41(43)52(35-14-6-5-7-15-35)42-18-9-11-20-44(42)53/h5-8,10,12-32H,9,11H2,1-4H3/b33-28+. The van der Waals surface area contributed by atoms with Crippen LogP contribution in [0.4, 0.5) is 0 Å². The number of allylic oxidation sites excluding steroid dienone is 1. The molecule has 0 amide bonds. The zero-order valence-electron chi connectivity index (χ0n) is 32.3. The Morgan fingerprint density at radius 3 is 2.00 bits per heavy atom. The number of para-hydroxylation sites is 1. The lowest BCUT2D eigenvalue weighted by Crippen LogP contribution is -2.31. The predicted molar refractivity (Wildman–Crippen MR) is 239 cm³/mol. The van der Waals surface area contributed by atoms with E-state index in [1.807, 2.05) is 6.07 Å². The van der Waals surface area contributed by atoms with Crippen LogP contribution in [0.1, 0.15) is 61.4 Å². The zero-order chi connectivity index (χ0) is 37.7. The Balaban J connectivity index is 0.996. The summed E-state index contributed by atoms with van der Waals surface area (Å²) in [5, 5.41) is 10.2. The molecule has 0 radical (unpaired) electrons. The molecule has 0 spiro atoms. The van der Waals surface area contributed by atoms with Gasteiger partial charge in [-0.2, -0.15) is 0 Å². The van der Waals surface area contributed by atoms with E-state index in [0.717, 1.165) is 24.0 Å². The zero-order valence-corrected chi connectivity index (χ0v) is 32.3. The van der Waals surface area contributed by atoms with Gasteiger partial charge in [0, 0.05) is 16.2 Å². The second-order valence-corrected chi connectivity index (χ2v) is 16.4. The molecule has 1 aromatic heterocycles. The SMILES string of the molecule is C/C(=C\c1ccc(-c2c3c(c(-c4ccccc4)c4ccccc24)=CCCC=3)cc1C)c1ccc2c(c1)C(C)(C)c1ccc3cc4oc5ccccc5c4cc3c1-2. The molecule has 268 valence electrons. The molecule has 1 heteroatoms. The Hall–Kier alpha value is -6.44. The fourth-order valence-electron chi connectivity index (χ4n) is 9.92. The van der Waals surface area contributed by atoms with E-state index in [0.29, 0.717) is 0 Å². The second-order valence-electron chi connectivity index (χ2n) is 16.4. The molecule has 0 fully saturated rings. The Morgan fingerprint density at radius 1 is 0.554 bits per heavy atom. The summed E-state index contributed by atoms with van der Waals surface area (Å²) in [6.45, 7) is 9.28. The minimum Gasteiger partial charge on any atom is -0.456 e. The lowest BCUT2D eigenvalue weighted by atomic mass is 9.81. The van der Waals surface area contributed by atoms with Crippen LogP contribution in [0.15, 0.2) is 144 Å². The molecule has 1 heterocycles. The summed E-state index contributed by atoms with van der Waals surface area (Å²) in [6, 6.07) is 51.7. The maximum Gasteiger partial charge on any atom is 0.136 e. The largest absolute Gasteiger partial charge is 0.456 e. The third-order valence-corrected chi connectivity index (χ3v) is 12.8. The number of benzene rings is 8. The summed E-state index contributed by atoms with van der Waals surface area (Å²) in [6.07, 6.45) is 9.43. The van der Waals surface area contributed by atoms with E-state index >= 15 is 0 Å². The fraction of sp³-hybridized carbons (Fsp3) is 0.127. The van der Waals surface area contributed by atoms with E-state index in [2.05, 4.69) is 179 Å². The van der Waals surface area contributed by atoms with Crippen LogP contribution in [0.3, 0.4) is 0 Å². The number of hydrogen-bond acceptors (Lipinski definition) is 1. The third kappa shape index (κ3) is 4.87. The molecule has 8 aromatic carbocycles. The van der Waals surface area contributed by atoms with Gasteiger partial charge < -0.3 is 4.42 Å². The van der Waals surface area contributed by atoms with E-state index in [1.54, 1.807) is 0 Å². The van der Waals surface area contributed by atoms with E-state index in [4.69, 9.17) is 4.42 Å². The van der Waals surface area contributed by atoms with Crippen molar-refractivity contribution in [3.63, 3.8) is 0 Å². The van der Waals surface area contributed by atoms with Crippen molar-refractivity contribution in [2.45, 2.75) is 46.0 Å². The second kappa shape index (κ2) is 12.3. The van der Waals surface area contributed by atoms with Crippen LogP contribution in [0.2, 0.25) is 0 Å². The maximum atomic E-state index is 6.27. The van der Waals surface area contributed by atoms with Crippen molar-refractivity contribution in [1.29, 1.82) is 0 Å². The molecule has 0 N–H and O–H groups in total. The van der Waals surface area contributed by atoms with Gasteiger partial charge in [0.15, 0.2) is 0 Å². The van der Waals surface area contributed by atoms with Crippen molar-refractivity contribution in [2.24, 2.45) is 0 Å². The van der Waals surface area contributed by atoms with Crippen LogP contribution in [-0.4, -0.2) is 0 Å². The molecule has 9 aromatic rings. The first kappa shape index (κ1) is 32.9. The van der Waals surface area contributed by atoms with Gasteiger partial charge in [0.1, 0.15) is 11.2 Å². The number of aryl methyl sites for hydroxylation is 1. The number of rotatable bonds is 4. The van der Waals surface area contributed by atoms with E-state index in [-0.39, 0.29) is 5.41 Å². The third-order valence-electron chi connectivity index (χ3n) is 12.8. The lowest BCUT2D eigenvalue weighted by Gasteiger charge is -2.22. The van der Waals surface area contributed by atoms with Crippen molar-refractivity contribution in [1.82, 2.24) is 0 Å². The summed E-state index contributed by atoms with van der Waals surface area (Å²) >= 11 is 0. The topological polar surface area (TPSA) is 13.1 Å². The molecule has 11 rings (SSSR count). The first-order chi connectivity index (χ1) is 27.3. The molecule has 0 aliphatic heterocycles. The molecule has 0 unspecified atom stereocenters. The highest BCUT2D eigenvalue weighted by Crippen LogP contribution is 2.52. The molecule has 0 saturated heterocycles. The molecule has 0 saturated carbocycles. The van der Waals surface area contributed by atoms with Gasteiger partial charge in [-0.25, -0.2) is 0 Å². The summed E-state index contributed by atoms with van der Waals surface area (Å²) in [5.41, 5.74) is 17.6. The maximum absolute atomic E-state index is 6.27. The Labute approximate surface area is 327 Å². The Kier molecular flexibility index (Phi) is 7.23. The molecule has 0 atom stereocenters. The van der Waals surface area contributed by atoms with Crippen molar-refractivity contribution < 1.29 is 4.42 Å². The van der Waals surface area contributed by atoms with Gasteiger partial charge in [-0.1, -0.05) is 147 Å². The van der Waals surface area contributed by atoms with Crippen LogP contribution in [0.5, 0.6) is 0 Å². The number of furan rings is 1. The van der Waals surface area contributed by atoms with Crippen LogP contribution in [-0.2, 0) is 5.41 Å². The summed E-state index contributed by atoms with van der Waals surface area (Å²) in [7, 11) is 0. The average molecular weight is 719 g/mol. The monoisotopic (exact) mass is 718 g/mol. The van der Waals surface area contributed by atoms with Crippen molar-refractivity contribution in [3.05, 3.63) is 178 Å². The van der Waals surface area contributed by atoms with Gasteiger partial charge in [0.05, 0.1) is 0 Å². The summed E-state index contributed by atoms with van der Waals surface area (Å²) in [5.74, 6) is 0. The molecular formula is C55H42O. The van der Waals surface area contributed by atoms with Crippen LogP contribution < -0.4 is 10.4 Å². The quantitative estimate of drug-likeness (QED) is 0.165. The average Bonchev–Trinajstić information content (AvgIpc) is 3.70. The molecule has 56 heavy (non-hydrogen) atoms. The molecule has 1 nitrogen and oxygen atoms in total. The van der Waals surface area contributed by atoms with Gasteiger partial charge in [-0.3, -0.25) is 0 Å². The van der Waals surface area contributed by atoms with E-state index in [1.165, 1.54) is 110 Å². The lowest BCUT2D eigenvalue weighted by molar-refractivity contribution is 0.660. The first-order valence-electron chi connectivity index (χ1n) is 20.0. The van der Waals surface area contributed by atoms with Gasteiger partial charge in [-0.05, 0) is 150 Å². The van der Waals surface area contributed by atoms with Gasteiger partial charge in [0.25, 0.3) is 0 Å². The van der Waals surface area contributed by atoms with Crippen molar-refractivity contribution >= 4 is 67.3 Å². The highest BCUT2D eigenvalue weighted by Gasteiger charge is 2.37. The highest BCUT2D eigenvalue weighted by molar-refractivity contribution is 6.14. The normalized spacial score (nSPS) is 14.5. The number of hydrogen-bond donors (Lipinski definition) is 0. The molecule has 2 aliphatic rings. The Bertz CT molecular complexity index is 3280. The first-order valence-corrected chi connectivity index (χ1v) is 20.0. The highest BCUT2D eigenvalue weighted by atomic mass is 16.3. The van der Waals surface area contributed by atoms with Gasteiger partial charge in [-0.15, -0.1) is 0 Å². The van der Waals surface area contributed by atoms with Crippen LogP contribution in [0, 0.1) is 6.92 Å². The summed E-state index contributed by atoms with van der Waals surface area (Å²) in [4.78, 5) is 0. The van der Waals surface area contributed by atoms with Crippen LogP contribution >= 0.6 is 0 Å². The fourth-order valence-corrected chi connectivity index (χ4v) is 9.92.